The van der Waals surface area contributed by atoms with Crippen LogP contribution in [0.4, 0.5) is 0 Å². The number of hydrogen-bond donors (Lipinski definition) is 0. The van der Waals surface area contributed by atoms with E-state index in [0.29, 0.717) is 12.5 Å². The van der Waals surface area contributed by atoms with Gasteiger partial charge >= 0.3 is 0 Å². The van der Waals surface area contributed by atoms with E-state index < -0.39 is 5.41 Å². The van der Waals surface area contributed by atoms with E-state index in [1.807, 2.05) is 6.92 Å². The molecular weight excluding hydrogens is 164 g/mol. The summed E-state index contributed by atoms with van der Waals surface area (Å²) >= 11 is 0. The summed E-state index contributed by atoms with van der Waals surface area (Å²) in [7, 11) is 1.75. The highest BCUT2D eigenvalue weighted by molar-refractivity contribution is 5.86. The van der Waals surface area contributed by atoms with Crippen molar-refractivity contribution >= 4 is 5.91 Å². The second-order valence-corrected chi connectivity index (χ2v) is 4.03. The minimum absolute atomic E-state index is 0.00407. The first-order chi connectivity index (χ1) is 6.05. The van der Waals surface area contributed by atoms with Crippen LogP contribution in [0.15, 0.2) is 0 Å². The fourth-order valence-electron chi connectivity index (χ4n) is 1.95. The van der Waals surface area contributed by atoms with Crippen molar-refractivity contribution in [1.82, 2.24) is 4.90 Å². The quantitative estimate of drug-likeness (QED) is 0.644. The molecule has 1 aliphatic rings. The molecule has 0 aromatic heterocycles. The molecule has 1 amide bonds. The van der Waals surface area contributed by atoms with E-state index in [1.54, 1.807) is 11.9 Å². The number of hydrogen-bond acceptors (Lipinski definition) is 2. The van der Waals surface area contributed by atoms with Gasteiger partial charge in [0.25, 0.3) is 0 Å². The van der Waals surface area contributed by atoms with Crippen molar-refractivity contribution in [2.75, 3.05) is 13.6 Å². The molecule has 0 heterocycles. The Morgan fingerprint density at radius 3 is 2.54 bits per heavy atom. The number of nitriles is 1. The fourth-order valence-corrected chi connectivity index (χ4v) is 1.95. The Hall–Kier alpha value is -1.04. The molecule has 0 unspecified atom stereocenters. The first-order valence-corrected chi connectivity index (χ1v) is 4.72. The summed E-state index contributed by atoms with van der Waals surface area (Å²) in [5.41, 5.74) is -0.690. The lowest BCUT2D eigenvalue weighted by atomic mass is 9.63. The highest BCUT2D eigenvalue weighted by Crippen LogP contribution is 2.45. The Bertz CT molecular complexity index is 248. The van der Waals surface area contributed by atoms with Crippen LogP contribution in [0.3, 0.4) is 0 Å². The van der Waals surface area contributed by atoms with Crippen molar-refractivity contribution in [2.24, 2.45) is 11.3 Å². The molecular formula is C10H16N2O. The maximum Gasteiger partial charge on any atom is 0.242 e. The van der Waals surface area contributed by atoms with Crippen LogP contribution in [-0.4, -0.2) is 24.4 Å². The van der Waals surface area contributed by atoms with E-state index in [2.05, 4.69) is 13.0 Å². The number of carbonyl (C=O) groups excluding carboxylic acids is 1. The van der Waals surface area contributed by atoms with E-state index in [-0.39, 0.29) is 5.91 Å². The molecule has 0 aliphatic heterocycles. The van der Waals surface area contributed by atoms with Crippen molar-refractivity contribution < 1.29 is 4.79 Å². The summed E-state index contributed by atoms with van der Waals surface area (Å²) < 4.78 is 0. The van der Waals surface area contributed by atoms with Gasteiger partial charge in [0.2, 0.25) is 5.91 Å². The van der Waals surface area contributed by atoms with Crippen molar-refractivity contribution in [2.45, 2.75) is 26.7 Å². The fraction of sp³-hybridized carbons (Fsp3) is 0.800. The first-order valence-electron chi connectivity index (χ1n) is 4.72. The standard InChI is InChI=1S/C10H16N2O/c1-4-12(3)9(13)10(7-11)5-8(2)6-10/h8H,4-6H2,1-3H3. The highest BCUT2D eigenvalue weighted by atomic mass is 16.2. The third-order valence-electron chi connectivity index (χ3n) is 2.84. The molecule has 3 heteroatoms. The summed E-state index contributed by atoms with van der Waals surface area (Å²) in [6, 6.07) is 2.17. The monoisotopic (exact) mass is 180 g/mol. The molecule has 0 spiro atoms. The van der Waals surface area contributed by atoms with E-state index >= 15 is 0 Å². The molecule has 0 aromatic carbocycles. The van der Waals surface area contributed by atoms with Crippen molar-refractivity contribution in [1.29, 1.82) is 5.26 Å². The Balaban J connectivity index is 2.70. The SMILES string of the molecule is CCN(C)C(=O)C1(C#N)CC(C)C1. The van der Waals surface area contributed by atoms with Crippen LogP contribution in [-0.2, 0) is 4.79 Å². The zero-order chi connectivity index (χ0) is 10.1. The molecule has 1 rings (SSSR count). The molecule has 0 saturated heterocycles. The summed E-state index contributed by atoms with van der Waals surface area (Å²) in [4.78, 5) is 13.4. The van der Waals surface area contributed by atoms with Crippen LogP contribution in [0.25, 0.3) is 0 Å². The topological polar surface area (TPSA) is 44.1 Å². The van der Waals surface area contributed by atoms with Gasteiger partial charge in [-0.05, 0) is 25.7 Å². The summed E-state index contributed by atoms with van der Waals surface area (Å²) in [5, 5.41) is 8.97. The molecule has 0 radical (unpaired) electrons. The number of nitrogens with zero attached hydrogens (tertiary/aromatic N) is 2. The smallest absolute Gasteiger partial charge is 0.242 e. The van der Waals surface area contributed by atoms with Crippen LogP contribution in [0.2, 0.25) is 0 Å². The number of rotatable bonds is 2. The van der Waals surface area contributed by atoms with Crippen molar-refractivity contribution in [3.05, 3.63) is 0 Å². The van der Waals surface area contributed by atoms with E-state index in [9.17, 15) is 4.79 Å². The van der Waals surface area contributed by atoms with Crippen molar-refractivity contribution in [3.8, 4) is 6.07 Å². The van der Waals surface area contributed by atoms with Gasteiger partial charge in [-0.15, -0.1) is 0 Å². The van der Waals surface area contributed by atoms with Gasteiger partial charge in [0, 0.05) is 13.6 Å². The van der Waals surface area contributed by atoms with E-state index in [4.69, 9.17) is 5.26 Å². The Kier molecular flexibility index (Phi) is 2.60. The van der Waals surface area contributed by atoms with Crippen LogP contribution in [0, 0.1) is 22.7 Å². The molecule has 13 heavy (non-hydrogen) atoms. The molecule has 1 fully saturated rings. The number of carbonyl (C=O) groups is 1. The van der Waals surface area contributed by atoms with Gasteiger partial charge in [-0.3, -0.25) is 4.79 Å². The predicted octanol–water partition coefficient (Wildman–Crippen LogP) is 1.40. The van der Waals surface area contributed by atoms with E-state index in [1.165, 1.54) is 0 Å². The second kappa shape index (κ2) is 3.37. The molecule has 0 aromatic rings. The Labute approximate surface area is 79.3 Å². The minimum atomic E-state index is -0.690. The van der Waals surface area contributed by atoms with Crippen LogP contribution in [0.1, 0.15) is 26.7 Å². The second-order valence-electron chi connectivity index (χ2n) is 4.03. The first kappa shape index (κ1) is 10.0. The molecule has 3 nitrogen and oxygen atoms in total. The molecule has 0 bridgehead atoms. The largest absolute Gasteiger partial charge is 0.345 e. The Morgan fingerprint density at radius 2 is 2.23 bits per heavy atom. The van der Waals surface area contributed by atoms with Gasteiger partial charge in [-0.2, -0.15) is 5.26 Å². The summed E-state index contributed by atoms with van der Waals surface area (Å²) in [6.07, 6.45) is 1.46. The molecule has 0 N–H and O–H groups in total. The average molecular weight is 180 g/mol. The normalized spacial score (nSPS) is 31.7. The minimum Gasteiger partial charge on any atom is -0.345 e. The summed E-state index contributed by atoms with van der Waals surface area (Å²) in [6.45, 7) is 4.68. The predicted molar refractivity (Wildman–Crippen MR) is 49.8 cm³/mol. The van der Waals surface area contributed by atoms with Crippen LogP contribution in [0.5, 0.6) is 0 Å². The maximum atomic E-state index is 11.8. The lowest BCUT2D eigenvalue weighted by molar-refractivity contribution is -0.143. The van der Waals surface area contributed by atoms with Gasteiger partial charge in [-0.25, -0.2) is 0 Å². The molecule has 1 saturated carbocycles. The van der Waals surface area contributed by atoms with Crippen LogP contribution >= 0.6 is 0 Å². The van der Waals surface area contributed by atoms with Crippen LogP contribution < -0.4 is 0 Å². The molecule has 1 aliphatic carbocycles. The zero-order valence-corrected chi connectivity index (χ0v) is 8.50. The third-order valence-corrected chi connectivity index (χ3v) is 2.84. The maximum absolute atomic E-state index is 11.8. The van der Waals surface area contributed by atoms with Gasteiger partial charge in [0.05, 0.1) is 6.07 Å². The van der Waals surface area contributed by atoms with E-state index in [0.717, 1.165) is 12.8 Å². The highest BCUT2D eigenvalue weighted by Gasteiger charge is 2.49. The van der Waals surface area contributed by atoms with Gasteiger partial charge in [-0.1, -0.05) is 6.92 Å². The molecule has 0 atom stereocenters. The Morgan fingerprint density at radius 1 is 1.69 bits per heavy atom. The third kappa shape index (κ3) is 1.53. The van der Waals surface area contributed by atoms with Gasteiger partial charge in [0.1, 0.15) is 5.41 Å². The van der Waals surface area contributed by atoms with Gasteiger partial charge < -0.3 is 4.90 Å². The lowest BCUT2D eigenvalue weighted by Crippen LogP contribution is -2.48. The van der Waals surface area contributed by atoms with Crippen molar-refractivity contribution in [3.63, 3.8) is 0 Å². The lowest BCUT2D eigenvalue weighted by Gasteiger charge is -2.41. The summed E-state index contributed by atoms with van der Waals surface area (Å²) in [5.74, 6) is 0.518. The molecule has 72 valence electrons. The average Bonchev–Trinajstić information content (AvgIpc) is 2.10. The number of amides is 1. The van der Waals surface area contributed by atoms with Gasteiger partial charge in [0.15, 0.2) is 0 Å². The zero-order valence-electron chi connectivity index (χ0n) is 8.50.